The molecule has 1 N–H and O–H groups in total. The van der Waals surface area contributed by atoms with Crippen LogP contribution in [0.15, 0.2) is 15.8 Å². The number of nitrogens with one attached hydrogen (secondary N) is 1. The largest absolute Gasteiger partial charge is 0.463 e. The molecule has 0 aliphatic carbocycles. The van der Waals surface area contributed by atoms with Crippen LogP contribution in [-0.2, 0) is 20.0 Å². The molecule has 124 valence electrons. The summed E-state index contributed by atoms with van der Waals surface area (Å²) in [6.45, 7) is 5.14. The molecule has 2 atom stereocenters. The monoisotopic (exact) mass is 320 g/mol. The Kier molecular flexibility index (Phi) is 4.76. The number of nitrogens with zero attached hydrogens (tertiary/aromatic N) is 1. The van der Waals surface area contributed by atoms with Gasteiger partial charge in [0.15, 0.2) is 0 Å². The van der Waals surface area contributed by atoms with Crippen molar-refractivity contribution in [3.63, 3.8) is 0 Å². The maximum Gasteiger partial charge on any atom is 0.331 e. The summed E-state index contributed by atoms with van der Waals surface area (Å²) >= 11 is 0. The number of hydrogen-bond donors (Lipinski definition) is 1. The number of rotatable bonds is 4. The second kappa shape index (κ2) is 6.42. The van der Waals surface area contributed by atoms with Crippen molar-refractivity contribution in [1.29, 1.82) is 0 Å². The SMILES string of the molecule is C#CC1(n2cc(C)c(=O)[nH]c2=O)CCC(COC(=O)C(C)C)O1. The zero-order valence-corrected chi connectivity index (χ0v) is 13.4. The summed E-state index contributed by atoms with van der Waals surface area (Å²) in [4.78, 5) is 37.3. The van der Waals surface area contributed by atoms with Gasteiger partial charge >= 0.3 is 11.7 Å². The Labute approximate surface area is 133 Å². The van der Waals surface area contributed by atoms with Gasteiger partial charge < -0.3 is 9.47 Å². The molecule has 0 spiro atoms. The molecule has 2 unspecified atom stereocenters. The van der Waals surface area contributed by atoms with Crippen LogP contribution in [0.25, 0.3) is 0 Å². The minimum absolute atomic E-state index is 0.0809. The number of aryl methyl sites for hydroxylation is 1. The van der Waals surface area contributed by atoms with E-state index >= 15 is 0 Å². The lowest BCUT2D eigenvalue weighted by Crippen LogP contribution is -2.44. The number of ether oxygens (including phenoxy) is 2. The van der Waals surface area contributed by atoms with E-state index < -0.39 is 23.1 Å². The summed E-state index contributed by atoms with van der Waals surface area (Å²) in [5.41, 5.74) is -2.00. The Morgan fingerprint density at radius 3 is 2.91 bits per heavy atom. The summed E-state index contributed by atoms with van der Waals surface area (Å²) in [6.07, 6.45) is 7.52. The fraction of sp³-hybridized carbons (Fsp3) is 0.562. The van der Waals surface area contributed by atoms with Crippen molar-refractivity contribution >= 4 is 5.97 Å². The van der Waals surface area contributed by atoms with E-state index in [9.17, 15) is 14.4 Å². The second-order valence-corrected chi connectivity index (χ2v) is 5.93. The highest BCUT2D eigenvalue weighted by molar-refractivity contribution is 5.71. The highest BCUT2D eigenvalue weighted by Gasteiger charge is 2.42. The first kappa shape index (κ1) is 17.0. The van der Waals surface area contributed by atoms with Crippen LogP contribution in [0.5, 0.6) is 0 Å². The molecule has 1 aliphatic heterocycles. The van der Waals surface area contributed by atoms with E-state index in [0.29, 0.717) is 18.4 Å². The summed E-state index contributed by atoms with van der Waals surface area (Å²) in [7, 11) is 0. The van der Waals surface area contributed by atoms with Crippen LogP contribution in [-0.4, -0.2) is 28.2 Å². The Balaban J connectivity index is 2.20. The average molecular weight is 320 g/mol. The number of H-pyrrole nitrogens is 1. The van der Waals surface area contributed by atoms with E-state index in [4.69, 9.17) is 15.9 Å². The number of carbonyl (C=O) groups is 1. The lowest BCUT2D eigenvalue weighted by atomic mass is 10.1. The van der Waals surface area contributed by atoms with Gasteiger partial charge in [0.25, 0.3) is 5.56 Å². The molecule has 7 heteroatoms. The number of terminal acetylenes is 1. The van der Waals surface area contributed by atoms with E-state index in [1.54, 1.807) is 20.8 Å². The molecule has 1 aromatic rings. The highest BCUT2D eigenvalue weighted by atomic mass is 16.6. The van der Waals surface area contributed by atoms with Gasteiger partial charge in [-0.25, -0.2) is 4.79 Å². The van der Waals surface area contributed by atoms with E-state index in [-0.39, 0.29) is 18.5 Å². The lowest BCUT2D eigenvalue weighted by molar-refractivity contribution is -0.154. The Morgan fingerprint density at radius 2 is 2.30 bits per heavy atom. The zero-order valence-electron chi connectivity index (χ0n) is 13.4. The van der Waals surface area contributed by atoms with Crippen molar-refractivity contribution in [2.45, 2.75) is 45.4 Å². The van der Waals surface area contributed by atoms with Crippen LogP contribution in [0.4, 0.5) is 0 Å². The minimum atomic E-state index is -1.28. The van der Waals surface area contributed by atoms with Gasteiger partial charge in [-0.05, 0) is 19.3 Å². The minimum Gasteiger partial charge on any atom is -0.463 e. The van der Waals surface area contributed by atoms with Gasteiger partial charge in [0.2, 0.25) is 5.72 Å². The molecule has 1 saturated heterocycles. The predicted molar refractivity (Wildman–Crippen MR) is 82.8 cm³/mol. The molecule has 23 heavy (non-hydrogen) atoms. The first-order chi connectivity index (χ1) is 10.8. The summed E-state index contributed by atoms with van der Waals surface area (Å²) < 4.78 is 12.2. The quantitative estimate of drug-likeness (QED) is 0.645. The molecule has 1 fully saturated rings. The van der Waals surface area contributed by atoms with Crippen molar-refractivity contribution in [3.05, 3.63) is 32.6 Å². The Hall–Kier alpha value is -2.33. The average Bonchev–Trinajstić information content (AvgIpc) is 2.93. The van der Waals surface area contributed by atoms with Gasteiger partial charge in [0, 0.05) is 18.2 Å². The lowest BCUT2D eigenvalue weighted by Gasteiger charge is -2.26. The molecule has 0 saturated carbocycles. The standard InChI is InChI=1S/C16H20N2O5/c1-5-16(18-8-11(4)13(19)17-15(18)21)7-6-12(23-16)9-22-14(20)10(2)3/h1,8,10,12H,6-7,9H2,2-4H3,(H,17,19,21). The fourth-order valence-electron chi connectivity index (χ4n) is 2.40. The molecule has 0 radical (unpaired) electrons. The normalized spacial score (nSPS) is 23.7. The molecule has 1 aromatic heterocycles. The number of aromatic nitrogens is 2. The van der Waals surface area contributed by atoms with Crippen LogP contribution < -0.4 is 11.2 Å². The van der Waals surface area contributed by atoms with Crippen LogP contribution >= 0.6 is 0 Å². The third kappa shape index (κ3) is 3.37. The highest BCUT2D eigenvalue weighted by Crippen LogP contribution is 2.33. The van der Waals surface area contributed by atoms with E-state index in [2.05, 4.69) is 10.9 Å². The van der Waals surface area contributed by atoms with Gasteiger partial charge in [0.05, 0.1) is 12.0 Å². The van der Waals surface area contributed by atoms with Crippen molar-refractivity contribution in [1.82, 2.24) is 9.55 Å². The predicted octanol–water partition coefficient (Wildman–Crippen LogP) is 0.509. The van der Waals surface area contributed by atoms with E-state index in [0.717, 1.165) is 0 Å². The van der Waals surface area contributed by atoms with Crippen LogP contribution in [0.1, 0.15) is 32.3 Å². The molecule has 0 bridgehead atoms. The zero-order chi connectivity index (χ0) is 17.2. The van der Waals surface area contributed by atoms with Crippen molar-refractivity contribution in [3.8, 4) is 12.3 Å². The maximum atomic E-state index is 12.1. The van der Waals surface area contributed by atoms with Gasteiger partial charge in [-0.15, -0.1) is 6.42 Å². The van der Waals surface area contributed by atoms with Crippen LogP contribution in [0.2, 0.25) is 0 Å². The molecule has 7 nitrogen and oxygen atoms in total. The van der Waals surface area contributed by atoms with Crippen LogP contribution in [0.3, 0.4) is 0 Å². The summed E-state index contributed by atoms with van der Waals surface area (Å²) in [5, 5.41) is 0. The van der Waals surface area contributed by atoms with Gasteiger partial charge in [-0.3, -0.25) is 19.1 Å². The van der Waals surface area contributed by atoms with E-state index in [1.807, 2.05) is 0 Å². The third-order valence-electron chi connectivity index (χ3n) is 3.78. The van der Waals surface area contributed by atoms with Gasteiger partial charge in [-0.1, -0.05) is 13.8 Å². The summed E-state index contributed by atoms with van der Waals surface area (Å²) in [5.74, 6) is 1.96. The molecule has 1 aliphatic rings. The molecule has 2 heterocycles. The Bertz CT molecular complexity index is 755. The van der Waals surface area contributed by atoms with Crippen molar-refractivity contribution < 1.29 is 14.3 Å². The second-order valence-electron chi connectivity index (χ2n) is 5.93. The fourth-order valence-corrected chi connectivity index (χ4v) is 2.40. The Morgan fingerprint density at radius 1 is 1.61 bits per heavy atom. The van der Waals surface area contributed by atoms with Gasteiger partial charge in [-0.2, -0.15) is 0 Å². The first-order valence-electron chi connectivity index (χ1n) is 7.44. The van der Waals surface area contributed by atoms with Crippen molar-refractivity contribution in [2.75, 3.05) is 6.61 Å². The van der Waals surface area contributed by atoms with Gasteiger partial charge in [0.1, 0.15) is 6.61 Å². The topological polar surface area (TPSA) is 90.4 Å². The maximum absolute atomic E-state index is 12.1. The number of carbonyl (C=O) groups excluding carboxylic acids is 1. The molecule has 0 amide bonds. The smallest absolute Gasteiger partial charge is 0.331 e. The number of esters is 1. The molecule has 0 aromatic carbocycles. The first-order valence-corrected chi connectivity index (χ1v) is 7.44. The third-order valence-corrected chi connectivity index (χ3v) is 3.78. The molecule has 2 rings (SSSR count). The van der Waals surface area contributed by atoms with E-state index in [1.165, 1.54) is 10.8 Å². The summed E-state index contributed by atoms with van der Waals surface area (Å²) in [6, 6.07) is 0. The molecular weight excluding hydrogens is 300 g/mol. The number of hydrogen-bond acceptors (Lipinski definition) is 5. The van der Waals surface area contributed by atoms with Crippen molar-refractivity contribution in [2.24, 2.45) is 5.92 Å². The van der Waals surface area contributed by atoms with Crippen LogP contribution in [0, 0.1) is 25.2 Å². The molecular formula is C16H20N2O5. The number of aromatic amines is 1.